The summed E-state index contributed by atoms with van der Waals surface area (Å²) in [7, 11) is 1.66. The molecule has 0 aliphatic carbocycles. The summed E-state index contributed by atoms with van der Waals surface area (Å²) >= 11 is 0. The molecule has 0 saturated carbocycles. The number of hydrogen-bond donors (Lipinski definition) is 2. The van der Waals surface area contributed by atoms with Gasteiger partial charge in [0.1, 0.15) is 35.2 Å². The van der Waals surface area contributed by atoms with E-state index in [0.29, 0.717) is 55.6 Å². The largest absolute Gasteiger partial charge is 0.508 e. The normalized spacial score (nSPS) is 25.7. The van der Waals surface area contributed by atoms with Crippen molar-refractivity contribution in [2.45, 2.75) is 42.8 Å². The van der Waals surface area contributed by atoms with Crippen molar-refractivity contribution in [3.8, 4) is 35.4 Å². The van der Waals surface area contributed by atoms with E-state index < -0.39 is 22.7 Å². The molecule has 4 aromatic rings. The fourth-order valence-corrected chi connectivity index (χ4v) is 8.35. The average molecular weight is 669 g/mol. The Labute approximate surface area is 281 Å². The maximum Gasteiger partial charge on any atom is 0.319 e. The van der Waals surface area contributed by atoms with Crippen LogP contribution in [0.15, 0.2) is 54.5 Å². The van der Waals surface area contributed by atoms with E-state index in [2.05, 4.69) is 43.2 Å². The Kier molecular flexibility index (Phi) is 7.74. The minimum Gasteiger partial charge on any atom is -0.508 e. The molecule has 3 fully saturated rings. The van der Waals surface area contributed by atoms with Crippen LogP contribution in [0.25, 0.3) is 32.9 Å². The Morgan fingerprint density at radius 2 is 2.10 bits per heavy atom. The van der Waals surface area contributed by atoms with Gasteiger partial charge in [-0.3, -0.25) is 15.2 Å². The number of pyridine rings is 1. The molecular weight excluding hydrogens is 633 g/mol. The summed E-state index contributed by atoms with van der Waals surface area (Å²) in [5.41, 5.74) is -0.211. The molecular formula is C37H35F3N6O3. The molecule has 0 radical (unpaired) electrons. The number of aromatic hydroxyl groups is 1. The second-order valence-corrected chi connectivity index (χ2v) is 13.6. The lowest BCUT2D eigenvalue weighted by atomic mass is 9.87. The van der Waals surface area contributed by atoms with Crippen molar-refractivity contribution in [3.05, 3.63) is 71.7 Å². The molecule has 9 nitrogen and oxygen atoms in total. The third kappa shape index (κ3) is 5.28. The predicted octanol–water partition coefficient (Wildman–Crippen LogP) is 5.40. The van der Waals surface area contributed by atoms with Crippen molar-refractivity contribution in [3.63, 3.8) is 0 Å². The van der Waals surface area contributed by atoms with Gasteiger partial charge in [0.05, 0.1) is 35.0 Å². The number of phenols is 1. The Morgan fingerprint density at radius 1 is 1.22 bits per heavy atom. The third-order valence-corrected chi connectivity index (χ3v) is 10.4. The number of aromatic nitrogens is 3. The van der Waals surface area contributed by atoms with Crippen LogP contribution < -0.4 is 15.0 Å². The molecule has 8 rings (SSSR count). The van der Waals surface area contributed by atoms with Gasteiger partial charge in [0.15, 0.2) is 5.82 Å². The van der Waals surface area contributed by atoms with Crippen molar-refractivity contribution in [1.29, 1.82) is 0 Å². The van der Waals surface area contributed by atoms with Crippen LogP contribution in [-0.2, 0) is 4.74 Å². The van der Waals surface area contributed by atoms with Crippen LogP contribution in [0.5, 0.6) is 11.8 Å². The molecule has 2 N–H and O–H groups in total. The maximum absolute atomic E-state index is 17.0. The molecule has 0 amide bonds. The number of nitrogens with one attached hydrogen (secondary N) is 1. The number of fused-ring (bicyclic) bond motifs is 5. The zero-order valence-corrected chi connectivity index (χ0v) is 27.0. The molecule has 2 aromatic heterocycles. The zero-order chi connectivity index (χ0) is 33.9. The molecule has 3 atom stereocenters. The van der Waals surface area contributed by atoms with Gasteiger partial charge in [-0.15, -0.1) is 6.42 Å². The highest BCUT2D eigenvalue weighted by atomic mass is 19.1. The summed E-state index contributed by atoms with van der Waals surface area (Å²) in [5, 5.41) is 15.3. The Bertz CT molecular complexity index is 2100. The molecule has 3 saturated heterocycles. The highest BCUT2D eigenvalue weighted by Crippen LogP contribution is 2.43. The number of methoxy groups -OCH3 is 1. The van der Waals surface area contributed by atoms with E-state index in [1.54, 1.807) is 7.11 Å². The van der Waals surface area contributed by atoms with Crippen LogP contribution in [0.2, 0.25) is 0 Å². The number of halogens is 3. The van der Waals surface area contributed by atoms with Gasteiger partial charge in [-0.1, -0.05) is 24.1 Å². The lowest BCUT2D eigenvalue weighted by Gasteiger charge is -2.48. The summed E-state index contributed by atoms with van der Waals surface area (Å²) in [6, 6.07) is 5.42. The SMILES string of the molecule is C#Cc1c(F)ccc2cc(O)cc(-c3ncc4c(N5CC6C=CC[C@](COC)(C5)N6)nc(OCC56CCCN5C/C(=C\F)C6)nc4c3F)c12. The van der Waals surface area contributed by atoms with Gasteiger partial charge in [0.25, 0.3) is 0 Å². The number of piperazine rings is 1. The van der Waals surface area contributed by atoms with Gasteiger partial charge in [-0.2, -0.15) is 9.97 Å². The second-order valence-electron chi connectivity index (χ2n) is 13.6. The van der Waals surface area contributed by atoms with Crippen molar-refractivity contribution in [2.24, 2.45) is 0 Å². The van der Waals surface area contributed by atoms with E-state index in [-0.39, 0.29) is 52.1 Å². The predicted molar refractivity (Wildman–Crippen MR) is 180 cm³/mol. The summed E-state index contributed by atoms with van der Waals surface area (Å²) in [6.07, 6.45) is 15.2. The molecule has 2 bridgehead atoms. The minimum absolute atomic E-state index is 0.00446. The first-order valence-electron chi connectivity index (χ1n) is 16.4. The van der Waals surface area contributed by atoms with Gasteiger partial charge in [-0.25, -0.2) is 13.2 Å². The molecule has 252 valence electrons. The Hall–Kier alpha value is -4.70. The summed E-state index contributed by atoms with van der Waals surface area (Å²) in [6.45, 7) is 3.10. The quantitative estimate of drug-likeness (QED) is 0.198. The van der Waals surface area contributed by atoms with E-state index in [4.69, 9.17) is 20.9 Å². The molecule has 12 heteroatoms. The van der Waals surface area contributed by atoms with Gasteiger partial charge in [0.2, 0.25) is 0 Å². The van der Waals surface area contributed by atoms with E-state index in [1.165, 1.54) is 30.5 Å². The Balaban J connectivity index is 1.28. The smallest absolute Gasteiger partial charge is 0.319 e. The van der Waals surface area contributed by atoms with E-state index in [1.807, 2.05) is 0 Å². The number of ether oxygens (including phenoxy) is 2. The lowest BCUT2D eigenvalue weighted by molar-refractivity contribution is 0.0942. The maximum atomic E-state index is 17.0. The molecule has 6 heterocycles. The monoisotopic (exact) mass is 668 g/mol. The summed E-state index contributed by atoms with van der Waals surface area (Å²) in [5.74, 6) is 1.22. The fraction of sp³-hybridized carbons (Fsp3) is 0.378. The van der Waals surface area contributed by atoms with Gasteiger partial charge in [0, 0.05) is 49.9 Å². The van der Waals surface area contributed by atoms with Gasteiger partial charge in [-0.05, 0) is 61.4 Å². The summed E-state index contributed by atoms with van der Waals surface area (Å²) in [4.78, 5) is 18.3. The highest BCUT2D eigenvalue weighted by molar-refractivity contribution is 6.03. The number of benzene rings is 2. The van der Waals surface area contributed by atoms with Crippen LogP contribution in [0.3, 0.4) is 0 Å². The van der Waals surface area contributed by atoms with Crippen LogP contribution in [0, 0.1) is 24.0 Å². The van der Waals surface area contributed by atoms with Gasteiger partial charge < -0.3 is 19.5 Å². The van der Waals surface area contributed by atoms with E-state index >= 15 is 4.39 Å². The molecule has 49 heavy (non-hydrogen) atoms. The molecule has 2 unspecified atom stereocenters. The zero-order valence-electron chi connectivity index (χ0n) is 27.0. The van der Waals surface area contributed by atoms with Crippen LogP contribution in [-0.4, -0.2) is 88.6 Å². The first kappa shape index (κ1) is 31.6. The van der Waals surface area contributed by atoms with Crippen LogP contribution >= 0.6 is 0 Å². The molecule has 0 spiro atoms. The van der Waals surface area contributed by atoms with Crippen molar-refractivity contribution in [2.75, 3.05) is 51.4 Å². The Morgan fingerprint density at radius 3 is 2.92 bits per heavy atom. The van der Waals surface area contributed by atoms with Gasteiger partial charge >= 0.3 is 6.01 Å². The summed E-state index contributed by atoms with van der Waals surface area (Å²) < 4.78 is 57.5. The second kappa shape index (κ2) is 12.0. The number of nitrogens with zero attached hydrogens (tertiary/aromatic N) is 5. The van der Waals surface area contributed by atoms with E-state index in [0.717, 1.165) is 31.4 Å². The van der Waals surface area contributed by atoms with Crippen LogP contribution in [0.1, 0.15) is 31.2 Å². The lowest BCUT2D eigenvalue weighted by Crippen LogP contribution is -2.67. The van der Waals surface area contributed by atoms with Crippen LogP contribution in [0.4, 0.5) is 19.0 Å². The average Bonchev–Trinajstić information content (AvgIpc) is 3.64. The molecule has 4 aliphatic rings. The number of phenolic OH excluding ortho intramolecular Hbond substituents is 1. The first-order valence-corrected chi connectivity index (χ1v) is 16.4. The third-order valence-electron chi connectivity index (χ3n) is 10.4. The highest BCUT2D eigenvalue weighted by Gasteiger charge is 2.47. The number of hydrogen-bond acceptors (Lipinski definition) is 9. The van der Waals surface area contributed by atoms with E-state index in [9.17, 15) is 13.9 Å². The topological polar surface area (TPSA) is 95.9 Å². The molecule has 4 aliphatic heterocycles. The number of anilines is 1. The minimum atomic E-state index is -0.795. The van der Waals surface area contributed by atoms with Crippen molar-refractivity contribution < 1.29 is 27.8 Å². The molecule has 2 aromatic carbocycles. The number of terminal acetylenes is 1. The number of rotatable bonds is 7. The first-order chi connectivity index (χ1) is 23.7. The van der Waals surface area contributed by atoms with Crippen molar-refractivity contribution in [1.82, 2.24) is 25.2 Å². The fourth-order valence-electron chi connectivity index (χ4n) is 8.35. The van der Waals surface area contributed by atoms with Crippen molar-refractivity contribution >= 4 is 27.5 Å². The standard InChI is InChI=1S/C37H35F3N6O3/c1-3-26-29(39)8-7-23-12-25(47)13-27(30(23)26)32-31(40)33-28(16-41-32)34(45-18-24-6-4-9-36(19-45,44-24)20-48-2)43-35(42-33)49-21-37-10-5-11-46(37)17-22(14-37)15-38/h1,4,6-8,12-13,15-16,24,44,47H,5,9-11,14,17-21H2,2H3/b22-15-/t24?,36-,37?/m1/s1.